The summed E-state index contributed by atoms with van der Waals surface area (Å²) < 4.78 is 10.8. The Kier molecular flexibility index (Phi) is 9.27. The summed E-state index contributed by atoms with van der Waals surface area (Å²) in [7, 11) is 1.45. The number of methoxy groups -OCH3 is 1. The summed E-state index contributed by atoms with van der Waals surface area (Å²) in [5, 5.41) is 21.6. The molecule has 0 bridgehead atoms. The Morgan fingerprint density at radius 2 is 1.90 bits per heavy atom. The predicted octanol–water partition coefficient (Wildman–Crippen LogP) is 5.47. The summed E-state index contributed by atoms with van der Waals surface area (Å²) in [6.45, 7) is 1.90. The number of carbonyl (C=O) groups is 2. The fourth-order valence-corrected chi connectivity index (χ4v) is 3.44. The number of aromatic hydroxyl groups is 1. The van der Waals surface area contributed by atoms with Crippen LogP contribution >= 0.6 is 11.8 Å². The van der Waals surface area contributed by atoms with Gasteiger partial charge in [0.15, 0.2) is 11.5 Å². The Bertz CT molecular complexity index is 913. The number of carbonyl (C=O) groups excluding carboxylic acids is 1. The highest BCUT2D eigenvalue weighted by Crippen LogP contribution is 2.35. The SMILES string of the molecule is COc1ccc([C@@H](OC(=O)Nc2ccc(SC)cc2)[C@@H](C)CC/C=C/C(=O)O)cc1O. The van der Waals surface area contributed by atoms with E-state index in [4.69, 9.17) is 14.6 Å². The molecule has 1 amide bonds. The van der Waals surface area contributed by atoms with E-state index >= 15 is 0 Å². The lowest BCUT2D eigenvalue weighted by atomic mass is 9.92. The van der Waals surface area contributed by atoms with Crippen LogP contribution in [0, 0.1) is 5.92 Å². The van der Waals surface area contributed by atoms with Crippen molar-refractivity contribution in [3.63, 3.8) is 0 Å². The number of aliphatic carboxylic acids is 1. The minimum absolute atomic E-state index is 0.0559. The van der Waals surface area contributed by atoms with Crippen LogP contribution in [0.3, 0.4) is 0 Å². The van der Waals surface area contributed by atoms with E-state index in [1.165, 1.54) is 13.2 Å². The molecular weight excluding hydrogens is 418 g/mol. The number of anilines is 1. The molecule has 2 atom stereocenters. The van der Waals surface area contributed by atoms with Gasteiger partial charge in [-0.15, -0.1) is 11.8 Å². The maximum Gasteiger partial charge on any atom is 0.412 e. The van der Waals surface area contributed by atoms with Gasteiger partial charge in [0.1, 0.15) is 6.10 Å². The van der Waals surface area contributed by atoms with Gasteiger partial charge in [0, 0.05) is 16.7 Å². The number of hydrogen-bond donors (Lipinski definition) is 3. The summed E-state index contributed by atoms with van der Waals surface area (Å²) in [6, 6.07) is 12.2. The largest absolute Gasteiger partial charge is 0.504 e. The molecule has 31 heavy (non-hydrogen) atoms. The smallest absolute Gasteiger partial charge is 0.412 e. The van der Waals surface area contributed by atoms with Gasteiger partial charge in [-0.2, -0.15) is 0 Å². The Balaban J connectivity index is 2.16. The highest BCUT2D eigenvalue weighted by molar-refractivity contribution is 7.98. The summed E-state index contributed by atoms with van der Waals surface area (Å²) in [5.41, 5.74) is 1.22. The van der Waals surface area contributed by atoms with E-state index in [9.17, 15) is 14.7 Å². The first kappa shape index (κ1) is 24.1. The van der Waals surface area contributed by atoms with E-state index in [0.717, 1.165) is 11.0 Å². The summed E-state index contributed by atoms with van der Waals surface area (Å²) in [6.07, 6.45) is 4.44. The number of nitrogens with one attached hydrogen (secondary N) is 1. The lowest BCUT2D eigenvalue weighted by Crippen LogP contribution is -2.22. The first-order chi connectivity index (χ1) is 14.8. The molecule has 8 heteroatoms. The molecule has 0 aliphatic rings. The third-order valence-corrected chi connectivity index (χ3v) is 5.41. The lowest BCUT2D eigenvalue weighted by Gasteiger charge is -2.25. The van der Waals surface area contributed by atoms with E-state index in [-0.39, 0.29) is 11.7 Å². The number of phenolic OH excluding ortho intramolecular Hbond substituents is 1. The topological polar surface area (TPSA) is 105 Å². The van der Waals surface area contributed by atoms with E-state index in [2.05, 4.69) is 5.32 Å². The first-order valence-electron chi connectivity index (χ1n) is 9.72. The summed E-state index contributed by atoms with van der Waals surface area (Å²) in [5.74, 6) is -0.888. The van der Waals surface area contributed by atoms with Crippen molar-refractivity contribution in [2.75, 3.05) is 18.7 Å². The van der Waals surface area contributed by atoms with Crippen LogP contribution in [0.2, 0.25) is 0 Å². The van der Waals surface area contributed by atoms with Crippen LogP contribution in [-0.2, 0) is 9.53 Å². The Morgan fingerprint density at radius 3 is 2.48 bits per heavy atom. The second-order valence-electron chi connectivity index (χ2n) is 6.91. The van der Waals surface area contributed by atoms with Crippen molar-refractivity contribution in [1.82, 2.24) is 0 Å². The third kappa shape index (κ3) is 7.57. The molecule has 0 aromatic heterocycles. The number of allylic oxidation sites excluding steroid dienone is 1. The van der Waals surface area contributed by atoms with Gasteiger partial charge in [0.25, 0.3) is 0 Å². The Hall–Kier alpha value is -3.13. The highest BCUT2D eigenvalue weighted by atomic mass is 32.2. The molecule has 2 aromatic carbocycles. The van der Waals surface area contributed by atoms with Crippen molar-refractivity contribution >= 4 is 29.5 Å². The molecule has 0 saturated heterocycles. The van der Waals surface area contributed by atoms with E-state index < -0.39 is 18.2 Å². The number of benzene rings is 2. The second kappa shape index (κ2) is 11.9. The van der Waals surface area contributed by atoms with Crippen molar-refractivity contribution in [1.29, 1.82) is 0 Å². The highest BCUT2D eigenvalue weighted by Gasteiger charge is 2.24. The molecule has 2 rings (SSSR count). The van der Waals surface area contributed by atoms with Crippen molar-refractivity contribution in [2.24, 2.45) is 5.92 Å². The van der Waals surface area contributed by atoms with Gasteiger partial charge in [-0.25, -0.2) is 9.59 Å². The van der Waals surface area contributed by atoms with Crippen molar-refractivity contribution in [3.05, 3.63) is 60.2 Å². The molecule has 0 fully saturated rings. The van der Waals surface area contributed by atoms with E-state index in [1.807, 2.05) is 25.3 Å². The van der Waals surface area contributed by atoms with Gasteiger partial charge < -0.3 is 19.7 Å². The maximum atomic E-state index is 12.6. The van der Waals surface area contributed by atoms with Crippen molar-refractivity contribution in [2.45, 2.75) is 30.8 Å². The minimum Gasteiger partial charge on any atom is -0.504 e. The molecule has 0 heterocycles. The normalized spacial score (nSPS) is 12.9. The molecule has 166 valence electrons. The standard InChI is InChI=1S/C23H27NO6S/c1-15(6-4-5-7-21(26)27)22(16-8-13-20(29-2)19(25)14-16)30-23(28)24-17-9-11-18(31-3)12-10-17/h5,7-15,22,25H,4,6H2,1-3H3,(H,24,28)(H,26,27)/b7-5+/t15-,22-/m0/s1. The number of ether oxygens (including phenoxy) is 2. The average molecular weight is 446 g/mol. The molecule has 2 aromatic rings. The number of rotatable bonds is 10. The van der Waals surface area contributed by atoms with E-state index in [0.29, 0.717) is 29.8 Å². The number of thioether (sulfide) groups is 1. The van der Waals surface area contributed by atoms with Gasteiger partial charge in [-0.1, -0.05) is 19.1 Å². The molecule has 0 spiro atoms. The molecule has 0 radical (unpaired) electrons. The van der Waals surface area contributed by atoms with Crippen LogP contribution in [0.25, 0.3) is 0 Å². The van der Waals surface area contributed by atoms with Crippen LogP contribution < -0.4 is 10.1 Å². The molecule has 7 nitrogen and oxygen atoms in total. The van der Waals surface area contributed by atoms with Crippen molar-refractivity contribution in [3.8, 4) is 11.5 Å². The monoisotopic (exact) mass is 445 g/mol. The molecule has 3 N–H and O–H groups in total. The number of carboxylic acid groups (broad SMARTS) is 1. The summed E-state index contributed by atoms with van der Waals surface area (Å²) >= 11 is 1.60. The van der Waals surface area contributed by atoms with Gasteiger partial charge in [-0.3, -0.25) is 5.32 Å². The number of phenols is 1. The quantitative estimate of drug-likeness (QED) is 0.329. The van der Waals surface area contributed by atoms with Crippen LogP contribution in [-0.4, -0.2) is 35.6 Å². The first-order valence-corrected chi connectivity index (χ1v) is 10.9. The zero-order valence-corrected chi connectivity index (χ0v) is 18.5. The fraction of sp³-hybridized carbons (Fsp3) is 0.304. The zero-order valence-electron chi connectivity index (χ0n) is 17.7. The van der Waals surface area contributed by atoms with Gasteiger partial charge in [0.2, 0.25) is 0 Å². The maximum absolute atomic E-state index is 12.6. The minimum atomic E-state index is -1.01. The molecular formula is C23H27NO6S. The van der Waals surface area contributed by atoms with Crippen LogP contribution in [0.1, 0.15) is 31.4 Å². The molecule has 0 aliphatic carbocycles. The van der Waals surface area contributed by atoms with Crippen LogP contribution in [0.15, 0.2) is 59.5 Å². The third-order valence-electron chi connectivity index (χ3n) is 4.67. The number of hydrogen-bond acceptors (Lipinski definition) is 6. The fourth-order valence-electron chi connectivity index (χ4n) is 3.03. The average Bonchev–Trinajstić information content (AvgIpc) is 2.75. The second-order valence-corrected chi connectivity index (χ2v) is 7.79. The Morgan fingerprint density at radius 1 is 1.19 bits per heavy atom. The van der Waals surface area contributed by atoms with E-state index in [1.54, 1.807) is 42.1 Å². The van der Waals surface area contributed by atoms with Crippen molar-refractivity contribution < 1.29 is 29.3 Å². The van der Waals surface area contributed by atoms with Gasteiger partial charge in [-0.05, 0) is 67.0 Å². The summed E-state index contributed by atoms with van der Waals surface area (Å²) in [4.78, 5) is 24.3. The molecule has 0 unspecified atom stereocenters. The number of amides is 1. The molecule has 0 saturated carbocycles. The Labute approximate surface area is 186 Å². The lowest BCUT2D eigenvalue weighted by molar-refractivity contribution is -0.131. The van der Waals surface area contributed by atoms with Gasteiger partial charge >= 0.3 is 12.1 Å². The van der Waals surface area contributed by atoms with Crippen LogP contribution in [0.4, 0.5) is 10.5 Å². The zero-order chi connectivity index (χ0) is 22.8. The van der Waals surface area contributed by atoms with Gasteiger partial charge in [0.05, 0.1) is 7.11 Å². The van der Waals surface area contributed by atoms with Crippen LogP contribution in [0.5, 0.6) is 11.5 Å². The molecule has 0 aliphatic heterocycles. The number of carboxylic acids is 1. The predicted molar refractivity (Wildman–Crippen MR) is 121 cm³/mol.